The number of hydrogen-bond donors (Lipinski definition) is 5. The molecule has 4 aromatic rings. The summed E-state index contributed by atoms with van der Waals surface area (Å²) in [5.74, 6) is -1.83. The third-order valence-electron chi connectivity index (χ3n) is 12.1. The number of pyridine rings is 2. The van der Waals surface area contributed by atoms with Gasteiger partial charge in [-0.1, -0.05) is 65.2 Å². The summed E-state index contributed by atoms with van der Waals surface area (Å²) < 4.78 is 30.2. The number of cyclic esters (lactones) is 1. The van der Waals surface area contributed by atoms with Gasteiger partial charge in [0.25, 0.3) is 5.56 Å². The van der Waals surface area contributed by atoms with E-state index in [1.54, 1.807) is 48.7 Å². The number of fused-ring (bicyclic) bond motifs is 5. The van der Waals surface area contributed by atoms with Crippen LogP contribution in [-0.4, -0.2) is 92.6 Å². The fourth-order valence-corrected chi connectivity index (χ4v) is 8.86. The van der Waals surface area contributed by atoms with Gasteiger partial charge in [0.05, 0.1) is 35.1 Å². The van der Waals surface area contributed by atoms with Crippen molar-refractivity contribution in [3.8, 4) is 17.1 Å². The SMILES string of the molecule is CCCCC[C@@H](NC(=S)Nc1ccc(OC2O[C@@H](C)[C@@H](O)[C@@H](OC)[C@@H]2O)cc1)C(=O)N[C@H](CC(C)C)C(=O)O[C@]1(CC)C(=O)OCc2c1cc1n(c2=O)Cc2cc3ccccc3nc2-1. The molecular weight excluding hydrogens is 843 g/mol. The van der Waals surface area contributed by atoms with Crippen molar-refractivity contribution in [2.24, 2.45) is 5.92 Å². The fraction of sp³-hybridized carbons (Fsp3) is 0.489. The molecule has 342 valence electrons. The molecule has 1 fully saturated rings. The van der Waals surface area contributed by atoms with E-state index in [4.69, 9.17) is 40.9 Å². The lowest BCUT2D eigenvalue weighted by Crippen LogP contribution is -2.59. The van der Waals surface area contributed by atoms with Crippen molar-refractivity contribution in [1.82, 2.24) is 20.2 Å². The standard InChI is InChI=1S/C47H57N5O11S/c1-7-9-10-15-34(51-46(64)48-29-16-18-30(19-17-29)62-44-39(54)40(59-6)38(53)26(5)61-44)41(55)50-35(20-25(3)4)43(57)63-47(8-2)32-22-36-37-28(21-27-13-11-12-14-33(27)49-37)23-52(36)42(56)31(32)24-60-45(47)58/h11-14,16-19,21-22,25-26,34-35,38-40,44,53-54H,7-10,15,20,23-24H2,1-6H3,(H,50,55)(H2,48,51,64)/t26-,34+,35+,38+,39-,40+,44?,47-/m0/s1. The van der Waals surface area contributed by atoms with Gasteiger partial charge in [-0.05, 0) is 86.8 Å². The normalized spacial score (nSPS) is 23.3. The van der Waals surface area contributed by atoms with Crippen LogP contribution in [0.15, 0.2) is 65.5 Å². The highest BCUT2D eigenvalue weighted by molar-refractivity contribution is 7.80. The maximum absolute atomic E-state index is 14.4. The number of aliphatic hydroxyl groups excluding tert-OH is 2. The lowest BCUT2D eigenvalue weighted by atomic mass is 9.85. The molecule has 0 bridgehead atoms. The van der Waals surface area contributed by atoms with Gasteiger partial charge in [0.1, 0.15) is 42.8 Å². The Morgan fingerprint density at radius 2 is 1.77 bits per heavy atom. The number of nitrogens with one attached hydrogen (secondary N) is 3. The number of methoxy groups -OCH3 is 1. The number of rotatable bonds is 16. The third-order valence-corrected chi connectivity index (χ3v) is 12.3. The summed E-state index contributed by atoms with van der Waals surface area (Å²) in [5, 5.41) is 31.1. The molecule has 0 saturated carbocycles. The summed E-state index contributed by atoms with van der Waals surface area (Å²) in [7, 11) is 1.39. The van der Waals surface area contributed by atoms with Gasteiger partial charge >= 0.3 is 11.9 Å². The molecule has 8 atom stereocenters. The van der Waals surface area contributed by atoms with E-state index in [9.17, 15) is 29.4 Å². The molecule has 64 heavy (non-hydrogen) atoms. The number of hydrogen-bond acceptors (Lipinski definition) is 13. The van der Waals surface area contributed by atoms with Crippen LogP contribution in [0.25, 0.3) is 22.3 Å². The molecule has 5 N–H and O–H groups in total. The summed E-state index contributed by atoms with van der Waals surface area (Å²) in [5.41, 5.74) is 1.46. The van der Waals surface area contributed by atoms with E-state index in [1.807, 2.05) is 44.2 Å². The zero-order chi connectivity index (χ0) is 45.9. The molecular formula is C47H57N5O11S. The Labute approximate surface area is 377 Å². The number of carbonyl (C=O) groups is 3. The first-order valence-corrected chi connectivity index (χ1v) is 22.3. The smallest absolute Gasteiger partial charge is 0.355 e. The molecule has 0 spiro atoms. The van der Waals surface area contributed by atoms with E-state index in [0.29, 0.717) is 42.2 Å². The number of amides is 1. The minimum atomic E-state index is -1.96. The zero-order valence-corrected chi connectivity index (χ0v) is 37.7. The number of carbonyl (C=O) groups excluding carboxylic acids is 3. The molecule has 17 heteroatoms. The molecule has 1 saturated heterocycles. The number of nitrogens with zero attached hydrogens (tertiary/aromatic N) is 2. The Bertz CT molecular complexity index is 2440. The van der Waals surface area contributed by atoms with E-state index < -0.39 is 66.2 Å². The predicted molar refractivity (Wildman–Crippen MR) is 241 cm³/mol. The quantitative estimate of drug-likeness (QED) is 0.0504. The minimum Gasteiger partial charge on any atom is -0.462 e. The molecule has 3 aliphatic heterocycles. The van der Waals surface area contributed by atoms with Crippen molar-refractivity contribution in [3.63, 3.8) is 0 Å². The van der Waals surface area contributed by atoms with Crippen LogP contribution in [0.5, 0.6) is 5.75 Å². The van der Waals surface area contributed by atoms with E-state index in [-0.39, 0.29) is 47.2 Å². The number of anilines is 1. The number of unbranched alkanes of at least 4 members (excludes halogenated alkanes) is 2. The first-order chi connectivity index (χ1) is 30.7. The molecule has 16 nitrogen and oxygen atoms in total. The number of esters is 2. The first-order valence-electron chi connectivity index (χ1n) is 21.9. The van der Waals surface area contributed by atoms with E-state index in [1.165, 1.54) is 7.11 Å². The lowest BCUT2D eigenvalue weighted by molar-refractivity contribution is -0.272. The van der Waals surface area contributed by atoms with Crippen LogP contribution in [0.2, 0.25) is 0 Å². The zero-order valence-electron chi connectivity index (χ0n) is 36.9. The first kappa shape index (κ1) is 46.5. The van der Waals surface area contributed by atoms with Gasteiger partial charge < -0.3 is 54.4 Å². The summed E-state index contributed by atoms with van der Waals surface area (Å²) in [4.78, 5) is 61.4. The average Bonchev–Trinajstić information content (AvgIpc) is 3.63. The van der Waals surface area contributed by atoms with Gasteiger partial charge in [-0.25, -0.2) is 14.6 Å². The van der Waals surface area contributed by atoms with Crippen molar-refractivity contribution < 1.29 is 48.3 Å². The summed E-state index contributed by atoms with van der Waals surface area (Å²) >= 11 is 5.66. The van der Waals surface area contributed by atoms with Gasteiger partial charge in [-0.2, -0.15) is 0 Å². The largest absolute Gasteiger partial charge is 0.462 e. The molecule has 0 radical (unpaired) electrons. The van der Waals surface area contributed by atoms with E-state index >= 15 is 0 Å². The van der Waals surface area contributed by atoms with Gasteiger partial charge in [0, 0.05) is 29.3 Å². The maximum Gasteiger partial charge on any atom is 0.355 e. The van der Waals surface area contributed by atoms with Crippen molar-refractivity contribution in [2.45, 2.75) is 135 Å². The Kier molecular flexibility index (Phi) is 14.3. The summed E-state index contributed by atoms with van der Waals surface area (Å²) in [6.45, 7) is 9.23. The number of para-hydroxylation sites is 1. The fourth-order valence-electron chi connectivity index (χ4n) is 8.60. The Hall–Kier alpha value is -5.46. The molecule has 2 aromatic heterocycles. The summed E-state index contributed by atoms with van der Waals surface area (Å²) in [6, 6.07) is 16.1. The molecule has 7 rings (SSSR count). The highest BCUT2D eigenvalue weighted by Gasteiger charge is 2.51. The molecule has 2 aromatic carbocycles. The second-order valence-electron chi connectivity index (χ2n) is 17.1. The third kappa shape index (κ3) is 9.49. The van der Waals surface area contributed by atoms with Gasteiger partial charge in [0.15, 0.2) is 5.11 Å². The molecule has 5 heterocycles. The molecule has 1 amide bonds. The monoisotopic (exact) mass is 899 g/mol. The van der Waals surface area contributed by atoms with Gasteiger partial charge in [-0.3, -0.25) is 9.59 Å². The Balaban J connectivity index is 1.07. The summed E-state index contributed by atoms with van der Waals surface area (Å²) in [6.07, 6.45) is -1.84. The Morgan fingerprint density at radius 3 is 2.47 bits per heavy atom. The number of ether oxygens (including phenoxy) is 5. The van der Waals surface area contributed by atoms with Crippen LogP contribution in [-0.2, 0) is 52.1 Å². The molecule has 3 aliphatic rings. The van der Waals surface area contributed by atoms with Crippen LogP contribution in [0.1, 0.15) is 89.8 Å². The van der Waals surface area contributed by atoms with Crippen molar-refractivity contribution in [1.29, 1.82) is 0 Å². The Morgan fingerprint density at radius 1 is 1.02 bits per heavy atom. The van der Waals surface area contributed by atoms with Crippen LogP contribution in [0.4, 0.5) is 5.69 Å². The van der Waals surface area contributed by atoms with Crippen LogP contribution < -0.4 is 26.2 Å². The second kappa shape index (κ2) is 19.7. The number of benzene rings is 2. The number of thiocarbonyl (C=S) groups is 1. The van der Waals surface area contributed by atoms with Crippen LogP contribution in [0, 0.1) is 5.92 Å². The van der Waals surface area contributed by atoms with Crippen LogP contribution in [0.3, 0.4) is 0 Å². The topological polar surface area (TPSA) is 209 Å². The van der Waals surface area contributed by atoms with E-state index in [0.717, 1.165) is 29.3 Å². The van der Waals surface area contributed by atoms with Gasteiger partial charge in [-0.15, -0.1) is 0 Å². The molecule has 0 aliphatic carbocycles. The highest BCUT2D eigenvalue weighted by atomic mass is 32.1. The number of aromatic nitrogens is 2. The number of aliphatic hydroxyl groups is 2. The highest BCUT2D eigenvalue weighted by Crippen LogP contribution is 2.41. The van der Waals surface area contributed by atoms with Crippen molar-refractivity contribution >= 4 is 51.8 Å². The van der Waals surface area contributed by atoms with Crippen LogP contribution >= 0.6 is 12.2 Å². The predicted octanol–water partition coefficient (Wildman–Crippen LogP) is 4.96. The molecule has 1 unspecified atom stereocenters. The lowest BCUT2D eigenvalue weighted by Gasteiger charge is -2.40. The van der Waals surface area contributed by atoms with Gasteiger partial charge in [0.2, 0.25) is 17.8 Å². The van der Waals surface area contributed by atoms with Crippen molar-refractivity contribution in [2.75, 3.05) is 12.4 Å². The van der Waals surface area contributed by atoms with E-state index in [2.05, 4.69) is 22.9 Å². The maximum atomic E-state index is 14.4. The second-order valence-corrected chi connectivity index (χ2v) is 17.5. The minimum absolute atomic E-state index is 0.0318. The average molecular weight is 900 g/mol. The van der Waals surface area contributed by atoms with Crippen molar-refractivity contribution in [3.05, 3.63) is 87.7 Å².